The highest BCUT2D eigenvalue weighted by Crippen LogP contribution is 2.46. The van der Waals surface area contributed by atoms with Crippen LogP contribution in [-0.4, -0.2) is 59.8 Å². The van der Waals surface area contributed by atoms with Crippen molar-refractivity contribution in [3.63, 3.8) is 0 Å². The van der Waals surface area contributed by atoms with Crippen LogP contribution < -0.4 is 4.74 Å². The normalized spacial score (nSPS) is 23.8. The molecular formula is C28H32F3N3O. The summed E-state index contributed by atoms with van der Waals surface area (Å²) in [6.07, 6.45) is 4.12. The van der Waals surface area contributed by atoms with Crippen LogP contribution in [0.2, 0.25) is 0 Å². The summed E-state index contributed by atoms with van der Waals surface area (Å²) in [5.41, 5.74) is 3.17. The minimum absolute atomic E-state index is 0.0946. The molecule has 3 aliphatic rings. The van der Waals surface area contributed by atoms with Gasteiger partial charge in [-0.15, -0.1) is 0 Å². The zero-order valence-electron chi connectivity index (χ0n) is 20.1. The number of hydrogen-bond donors (Lipinski definition) is 1. The third kappa shape index (κ3) is 4.02. The number of aromatic nitrogens is 1. The van der Waals surface area contributed by atoms with Gasteiger partial charge < -0.3 is 9.72 Å². The maximum Gasteiger partial charge on any atom is 0.135 e. The highest BCUT2D eigenvalue weighted by atomic mass is 19.1. The van der Waals surface area contributed by atoms with Crippen molar-refractivity contribution in [2.24, 2.45) is 5.92 Å². The Balaban J connectivity index is 1.31. The molecule has 1 aromatic heterocycles. The van der Waals surface area contributed by atoms with Gasteiger partial charge in [0.2, 0.25) is 0 Å². The lowest BCUT2D eigenvalue weighted by atomic mass is 9.82. The number of nitrogens with one attached hydrogen (secondary N) is 1. The molecule has 3 heterocycles. The van der Waals surface area contributed by atoms with Crippen LogP contribution in [-0.2, 0) is 6.42 Å². The van der Waals surface area contributed by atoms with Gasteiger partial charge in [0.05, 0.1) is 12.7 Å². The minimum atomic E-state index is -0.575. The van der Waals surface area contributed by atoms with Gasteiger partial charge in [0.1, 0.15) is 24.0 Å². The van der Waals surface area contributed by atoms with Gasteiger partial charge in [-0.2, -0.15) is 0 Å². The van der Waals surface area contributed by atoms with Crippen LogP contribution in [0.3, 0.4) is 0 Å². The Bertz CT molecular complexity index is 1190. The third-order valence-electron chi connectivity index (χ3n) is 8.18. The molecule has 3 aromatic rings. The molecule has 0 spiro atoms. The molecule has 2 aromatic carbocycles. The van der Waals surface area contributed by atoms with E-state index < -0.39 is 17.7 Å². The molecule has 0 unspecified atom stereocenters. The number of hydrogen-bond acceptors (Lipinski definition) is 3. The lowest BCUT2D eigenvalue weighted by Crippen LogP contribution is -2.51. The highest BCUT2D eigenvalue weighted by molar-refractivity contribution is 5.85. The summed E-state index contributed by atoms with van der Waals surface area (Å²) in [5, 5.41) is 1.13. The zero-order valence-corrected chi connectivity index (χ0v) is 20.1. The van der Waals surface area contributed by atoms with Crippen molar-refractivity contribution >= 4 is 10.9 Å². The number of aromatic amines is 1. The first kappa shape index (κ1) is 22.9. The number of fused-ring (bicyclic) bond motifs is 3. The van der Waals surface area contributed by atoms with E-state index in [1.807, 2.05) is 18.2 Å². The smallest absolute Gasteiger partial charge is 0.135 e. The first-order valence-corrected chi connectivity index (χ1v) is 12.8. The zero-order chi connectivity index (χ0) is 24.1. The number of likely N-dealkylation sites (tertiary alicyclic amines) is 1. The predicted molar refractivity (Wildman–Crippen MR) is 131 cm³/mol. The van der Waals surface area contributed by atoms with Crippen molar-refractivity contribution in [2.75, 3.05) is 32.9 Å². The van der Waals surface area contributed by atoms with E-state index in [1.165, 1.54) is 12.1 Å². The third-order valence-corrected chi connectivity index (χ3v) is 8.18. The Morgan fingerprint density at radius 1 is 1.09 bits per heavy atom. The monoisotopic (exact) mass is 483 g/mol. The van der Waals surface area contributed by atoms with Crippen molar-refractivity contribution in [2.45, 2.75) is 50.7 Å². The molecule has 2 aliphatic heterocycles. The SMILES string of the molecule is C[C@@H]1Cc2c([nH]c3ccccc23)[C@@H](c2c(F)cc(OCCN3CC(CF)C3)cc2F)N1C1CCC1. The van der Waals surface area contributed by atoms with E-state index in [1.54, 1.807) is 0 Å². The second-order valence-electron chi connectivity index (χ2n) is 10.5. The molecule has 1 N–H and O–H groups in total. The van der Waals surface area contributed by atoms with E-state index in [0.717, 1.165) is 47.8 Å². The maximum atomic E-state index is 15.7. The summed E-state index contributed by atoms with van der Waals surface area (Å²) in [6, 6.07) is 10.8. The van der Waals surface area contributed by atoms with Gasteiger partial charge in [-0.05, 0) is 37.8 Å². The lowest BCUT2D eigenvalue weighted by Gasteiger charge is -2.48. The molecule has 4 nitrogen and oxygen atoms in total. The van der Waals surface area contributed by atoms with Crippen molar-refractivity contribution in [1.29, 1.82) is 0 Å². The molecule has 6 rings (SSSR count). The quantitative estimate of drug-likeness (QED) is 0.474. The molecule has 186 valence electrons. The molecule has 1 aliphatic carbocycles. The topological polar surface area (TPSA) is 31.5 Å². The van der Waals surface area contributed by atoms with E-state index in [2.05, 4.69) is 27.8 Å². The van der Waals surface area contributed by atoms with Gasteiger partial charge in [0.25, 0.3) is 0 Å². The second-order valence-corrected chi connectivity index (χ2v) is 10.5. The molecule has 1 saturated carbocycles. The Morgan fingerprint density at radius 2 is 1.83 bits per heavy atom. The van der Waals surface area contributed by atoms with Gasteiger partial charge in [-0.3, -0.25) is 14.2 Å². The van der Waals surface area contributed by atoms with Crippen molar-refractivity contribution in [3.05, 3.63) is 64.9 Å². The number of rotatable bonds is 7. The van der Waals surface area contributed by atoms with E-state index in [9.17, 15) is 4.39 Å². The van der Waals surface area contributed by atoms with E-state index in [0.29, 0.717) is 32.3 Å². The molecule has 0 bridgehead atoms. The first-order chi connectivity index (χ1) is 17.0. The van der Waals surface area contributed by atoms with Crippen LogP contribution in [0.25, 0.3) is 10.9 Å². The minimum Gasteiger partial charge on any atom is -0.492 e. The number of nitrogens with zero attached hydrogens (tertiary/aromatic N) is 2. The average Bonchev–Trinajstić information content (AvgIpc) is 3.13. The van der Waals surface area contributed by atoms with Crippen LogP contribution in [0, 0.1) is 17.6 Å². The number of para-hydroxylation sites is 1. The van der Waals surface area contributed by atoms with E-state index in [4.69, 9.17) is 4.74 Å². The van der Waals surface area contributed by atoms with Gasteiger partial charge >= 0.3 is 0 Å². The van der Waals surface area contributed by atoms with Crippen LogP contribution in [0.5, 0.6) is 5.75 Å². The van der Waals surface area contributed by atoms with E-state index >= 15 is 8.78 Å². The number of H-pyrrole nitrogens is 1. The Kier molecular flexibility index (Phi) is 6.01. The van der Waals surface area contributed by atoms with Gasteiger partial charge in [0.15, 0.2) is 0 Å². The van der Waals surface area contributed by atoms with Crippen LogP contribution in [0.1, 0.15) is 49.0 Å². The Labute approximate surface area is 204 Å². The second kappa shape index (κ2) is 9.17. The molecule has 0 radical (unpaired) electrons. The van der Waals surface area contributed by atoms with Gasteiger partial charge in [-0.25, -0.2) is 8.78 Å². The number of benzene rings is 2. The fourth-order valence-corrected chi connectivity index (χ4v) is 6.18. The Morgan fingerprint density at radius 3 is 2.51 bits per heavy atom. The van der Waals surface area contributed by atoms with Crippen molar-refractivity contribution in [1.82, 2.24) is 14.8 Å². The van der Waals surface area contributed by atoms with E-state index in [-0.39, 0.29) is 29.9 Å². The summed E-state index contributed by atoms with van der Waals surface area (Å²) in [7, 11) is 0. The Hall–Kier alpha value is -2.51. The number of alkyl halides is 1. The van der Waals surface area contributed by atoms with Crippen LogP contribution in [0.4, 0.5) is 13.2 Å². The van der Waals surface area contributed by atoms with Crippen molar-refractivity contribution in [3.8, 4) is 5.75 Å². The van der Waals surface area contributed by atoms with Crippen LogP contribution in [0.15, 0.2) is 36.4 Å². The first-order valence-electron chi connectivity index (χ1n) is 12.8. The number of halogens is 3. The summed E-state index contributed by atoms with van der Waals surface area (Å²) in [5.74, 6) is -0.846. The highest BCUT2D eigenvalue weighted by Gasteiger charge is 2.43. The summed E-state index contributed by atoms with van der Waals surface area (Å²) >= 11 is 0. The summed E-state index contributed by atoms with van der Waals surface area (Å²) in [4.78, 5) is 7.93. The summed E-state index contributed by atoms with van der Waals surface area (Å²) < 4.78 is 49.7. The fourth-order valence-electron chi connectivity index (χ4n) is 6.18. The molecule has 0 amide bonds. The number of ether oxygens (including phenoxy) is 1. The molecular weight excluding hydrogens is 451 g/mol. The molecule has 2 fully saturated rings. The largest absolute Gasteiger partial charge is 0.492 e. The molecule has 1 saturated heterocycles. The fraction of sp³-hybridized carbons (Fsp3) is 0.500. The average molecular weight is 484 g/mol. The van der Waals surface area contributed by atoms with Gasteiger partial charge in [-0.1, -0.05) is 24.6 Å². The van der Waals surface area contributed by atoms with Crippen molar-refractivity contribution < 1.29 is 17.9 Å². The predicted octanol–water partition coefficient (Wildman–Crippen LogP) is 5.61. The maximum absolute atomic E-state index is 15.7. The molecule has 35 heavy (non-hydrogen) atoms. The molecule has 2 atom stereocenters. The lowest BCUT2D eigenvalue weighted by molar-refractivity contribution is 0.0434. The summed E-state index contributed by atoms with van der Waals surface area (Å²) in [6.45, 7) is 4.24. The van der Waals surface area contributed by atoms with Gasteiger partial charge in [0, 0.05) is 71.9 Å². The van der Waals surface area contributed by atoms with Crippen LogP contribution >= 0.6 is 0 Å². The standard InChI is InChI=1S/C28H32F3N3O/c1-17-11-22-21-7-2-3-8-25(21)32-27(22)28(34(17)19-5-4-6-19)26-23(30)12-20(13-24(26)31)35-10-9-33-15-18(14-29)16-33/h2-3,7-8,12-13,17-19,28,32H,4-6,9-11,14-16H2,1H3/t17-,28-/m1/s1. The molecule has 7 heteroatoms.